The second kappa shape index (κ2) is 5.73. The third-order valence-corrected chi connectivity index (χ3v) is 5.84. The summed E-state index contributed by atoms with van der Waals surface area (Å²) in [7, 11) is -4.02. The minimum absolute atomic E-state index is 0.144. The van der Waals surface area contributed by atoms with E-state index in [2.05, 4.69) is 0 Å². The second-order valence-corrected chi connectivity index (χ2v) is 7.09. The van der Waals surface area contributed by atoms with E-state index in [0.717, 1.165) is 16.4 Å². The molecule has 7 heteroatoms. The number of carboxylic acids is 1. The van der Waals surface area contributed by atoms with Crippen molar-refractivity contribution in [3.05, 3.63) is 30.1 Å². The van der Waals surface area contributed by atoms with Gasteiger partial charge in [-0.3, -0.25) is 4.79 Å². The summed E-state index contributed by atoms with van der Waals surface area (Å²) in [5.74, 6) is -1.80. The Balaban J connectivity index is 2.50. The van der Waals surface area contributed by atoms with Gasteiger partial charge < -0.3 is 5.11 Å². The number of rotatable bonds is 5. The zero-order valence-electron chi connectivity index (χ0n) is 11.8. The van der Waals surface area contributed by atoms with E-state index >= 15 is 0 Å². The lowest BCUT2D eigenvalue weighted by molar-refractivity contribution is -0.147. The number of carbonyl (C=O) groups is 1. The summed E-state index contributed by atoms with van der Waals surface area (Å²) in [5, 5.41) is 9.55. The average molecular weight is 315 g/mol. The van der Waals surface area contributed by atoms with Crippen LogP contribution in [0, 0.1) is 5.82 Å². The van der Waals surface area contributed by atoms with Crippen LogP contribution in [0.1, 0.15) is 32.6 Å². The molecule has 5 nitrogen and oxygen atoms in total. The van der Waals surface area contributed by atoms with Crippen molar-refractivity contribution >= 4 is 16.0 Å². The van der Waals surface area contributed by atoms with Gasteiger partial charge in [0, 0.05) is 6.54 Å². The van der Waals surface area contributed by atoms with Gasteiger partial charge >= 0.3 is 5.97 Å². The fourth-order valence-electron chi connectivity index (χ4n) is 2.94. The molecule has 0 amide bonds. The van der Waals surface area contributed by atoms with Crippen molar-refractivity contribution in [1.82, 2.24) is 4.31 Å². The van der Waals surface area contributed by atoms with Gasteiger partial charge in [0.15, 0.2) is 0 Å². The average Bonchev–Trinajstić information content (AvgIpc) is 2.85. The first-order chi connectivity index (χ1) is 9.84. The summed E-state index contributed by atoms with van der Waals surface area (Å²) in [6.45, 7) is 1.96. The Hall–Kier alpha value is -1.47. The zero-order chi connectivity index (χ0) is 15.7. The molecule has 1 aromatic carbocycles. The number of sulfonamides is 1. The molecule has 0 bridgehead atoms. The molecule has 0 aromatic heterocycles. The highest BCUT2D eigenvalue weighted by molar-refractivity contribution is 7.89. The van der Waals surface area contributed by atoms with Gasteiger partial charge in [-0.05, 0) is 37.5 Å². The molecular weight excluding hydrogens is 297 g/mol. The number of nitrogens with zero attached hydrogens (tertiary/aromatic N) is 1. The van der Waals surface area contributed by atoms with E-state index in [1.807, 2.05) is 6.92 Å². The van der Waals surface area contributed by atoms with Crippen molar-refractivity contribution in [3.63, 3.8) is 0 Å². The first-order valence-electron chi connectivity index (χ1n) is 6.86. The Bertz CT molecular complexity index is 646. The van der Waals surface area contributed by atoms with E-state index in [4.69, 9.17) is 0 Å². The molecule has 1 aromatic rings. The van der Waals surface area contributed by atoms with E-state index in [1.165, 1.54) is 12.1 Å². The van der Waals surface area contributed by atoms with Gasteiger partial charge in [-0.2, -0.15) is 4.31 Å². The molecule has 1 atom stereocenters. The number of halogens is 1. The molecule has 2 rings (SSSR count). The lowest BCUT2D eigenvalue weighted by Crippen LogP contribution is -2.52. The molecule has 21 heavy (non-hydrogen) atoms. The minimum atomic E-state index is -4.02. The van der Waals surface area contributed by atoms with Crippen LogP contribution in [0.4, 0.5) is 4.39 Å². The van der Waals surface area contributed by atoms with Crippen LogP contribution in [-0.2, 0) is 14.8 Å². The molecule has 1 unspecified atom stereocenters. The summed E-state index contributed by atoms with van der Waals surface area (Å²) >= 11 is 0. The highest BCUT2D eigenvalue weighted by atomic mass is 32.2. The molecule has 1 aliphatic heterocycles. The lowest BCUT2D eigenvalue weighted by Gasteiger charge is -2.33. The van der Waals surface area contributed by atoms with Gasteiger partial charge in [-0.15, -0.1) is 0 Å². The highest BCUT2D eigenvalue weighted by Crippen LogP contribution is 2.38. The first-order valence-corrected chi connectivity index (χ1v) is 8.30. The topological polar surface area (TPSA) is 74.7 Å². The molecule has 1 heterocycles. The van der Waals surface area contributed by atoms with Crippen LogP contribution in [0.5, 0.6) is 0 Å². The van der Waals surface area contributed by atoms with E-state index in [-0.39, 0.29) is 24.3 Å². The lowest BCUT2D eigenvalue weighted by atomic mass is 9.92. The molecule has 1 N–H and O–H groups in total. The highest BCUT2D eigenvalue weighted by Gasteiger charge is 2.52. The first kappa shape index (κ1) is 15.9. The Kier molecular flexibility index (Phi) is 4.34. The minimum Gasteiger partial charge on any atom is -0.480 e. The molecule has 0 radical (unpaired) electrons. The van der Waals surface area contributed by atoms with E-state index < -0.39 is 27.3 Å². The number of hydrogen-bond acceptors (Lipinski definition) is 3. The Labute approximate surface area is 123 Å². The Morgan fingerprint density at radius 1 is 1.48 bits per heavy atom. The molecule has 116 valence electrons. The molecular formula is C14H18FNO4S. The normalized spacial score (nSPS) is 23.3. The largest absolute Gasteiger partial charge is 0.480 e. The Morgan fingerprint density at radius 3 is 2.76 bits per heavy atom. The third kappa shape index (κ3) is 2.67. The Morgan fingerprint density at radius 2 is 2.19 bits per heavy atom. The third-order valence-electron chi connectivity index (χ3n) is 3.87. The van der Waals surface area contributed by atoms with Crippen molar-refractivity contribution < 1.29 is 22.7 Å². The summed E-state index contributed by atoms with van der Waals surface area (Å²) in [6.07, 6.45) is 1.57. The summed E-state index contributed by atoms with van der Waals surface area (Å²) in [4.78, 5) is 11.5. The SMILES string of the molecule is CCCC1(C(=O)O)CCCN1S(=O)(=O)c1cccc(F)c1. The van der Waals surface area contributed by atoms with Gasteiger partial charge in [0.25, 0.3) is 0 Å². The molecule has 0 spiro atoms. The van der Waals surface area contributed by atoms with Gasteiger partial charge in [-0.25, -0.2) is 12.8 Å². The summed E-state index contributed by atoms with van der Waals surface area (Å²) in [5.41, 5.74) is -1.42. The maximum Gasteiger partial charge on any atom is 0.325 e. The number of carboxylic acid groups (broad SMARTS) is 1. The van der Waals surface area contributed by atoms with Gasteiger partial charge in [0.2, 0.25) is 10.0 Å². The number of aliphatic carboxylic acids is 1. The molecule has 0 aliphatic carbocycles. The van der Waals surface area contributed by atoms with E-state index in [1.54, 1.807) is 0 Å². The van der Waals surface area contributed by atoms with Crippen LogP contribution < -0.4 is 0 Å². The fraction of sp³-hybridized carbons (Fsp3) is 0.500. The van der Waals surface area contributed by atoms with Crippen molar-refractivity contribution in [2.75, 3.05) is 6.54 Å². The quantitative estimate of drug-likeness (QED) is 0.904. The molecule has 1 fully saturated rings. The van der Waals surface area contributed by atoms with E-state index in [0.29, 0.717) is 12.8 Å². The smallest absolute Gasteiger partial charge is 0.325 e. The maximum atomic E-state index is 13.3. The van der Waals surface area contributed by atoms with Gasteiger partial charge in [0.1, 0.15) is 11.4 Å². The maximum absolute atomic E-state index is 13.3. The van der Waals surface area contributed by atoms with Gasteiger partial charge in [0.05, 0.1) is 4.90 Å². The fourth-order valence-corrected chi connectivity index (χ4v) is 4.80. The number of benzene rings is 1. The summed E-state index contributed by atoms with van der Waals surface area (Å²) < 4.78 is 39.7. The zero-order valence-corrected chi connectivity index (χ0v) is 12.6. The van der Waals surface area contributed by atoms with Crippen LogP contribution in [-0.4, -0.2) is 35.9 Å². The number of hydrogen-bond donors (Lipinski definition) is 1. The molecule has 1 aliphatic rings. The second-order valence-electron chi connectivity index (χ2n) is 5.22. The molecule has 0 saturated carbocycles. The molecule has 1 saturated heterocycles. The predicted octanol–water partition coefficient (Wildman–Crippen LogP) is 2.23. The van der Waals surface area contributed by atoms with Crippen LogP contribution in [0.15, 0.2) is 29.2 Å². The monoisotopic (exact) mass is 315 g/mol. The van der Waals surface area contributed by atoms with Crippen LogP contribution in [0.3, 0.4) is 0 Å². The van der Waals surface area contributed by atoms with Gasteiger partial charge in [-0.1, -0.05) is 19.4 Å². The van der Waals surface area contributed by atoms with E-state index in [9.17, 15) is 22.7 Å². The van der Waals surface area contributed by atoms with Crippen molar-refractivity contribution in [2.45, 2.75) is 43.0 Å². The van der Waals surface area contributed by atoms with Crippen molar-refractivity contribution in [1.29, 1.82) is 0 Å². The van der Waals surface area contributed by atoms with Crippen LogP contribution in [0.25, 0.3) is 0 Å². The summed E-state index contributed by atoms with van der Waals surface area (Å²) in [6, 6.07) is 4.67. The predicted molar refractivity (Wildman–Crippen MR) is 74.8 cm³/mol. The van der Waals surface area contributed by atoms with Crippen LogP contribution >= 0.6 is 0 Å². The van der Waals surface area contributed by atoms with Crippen molar-refractivity contribution in [2.24, 2.45) is 0 Å². The standard InChI is InChI=1S/C14H18FNO4S/c1-2-7-14(13(17)18)8-4-9-16(14)21(19,20)12-6-3-5-11(15)10-12/h3,5-6,10H,2,4,7-9H2,1H3,(H,17,18). The van der Waals surface area contributed by atoms with Crippen LogP contribution in [0.2, 0.25) is 0 Å². The van der Waals surface area contributed by atoms with Crippen molar-refractivity contribution in [3.8, 4) is 0 Å².